The van der Waals surface area contributed by atoms with E-state index in [0.29, 0.717) is 44.1 Å². The number of carbonyl (C=O) groups is 1. The van der Waals surface area contributed by atoms with Crippen molar-refractivity contribution in [3.8, 4) is 16.3 Å². The predicted molar refractivity (Wildman–Crippen MR) is 124 cm³/mol. The van der Waals surface area contributed by atoms with E-state index in [1.807, 2.05) is 32.0 Å². The largest absolute Gasteiger partial charge is 0.494 e. The number of aromatic nitrogens is 2. The van der Waals surface area contributed by atoms with Crippen LogP contribution >= 0.6 is 11.3 Å². The fraction of sp³-hybridized carbons (Fsp3) is 0.364. The van der Waals surface area contributed by atoms with Crippen LogP contribution in [0.1, 0.15) is 24.6 Å². The monoisotopic (exact) mass is 474 g/mol. The summed E-state index contributed by atoms with van der Waals surface area (Å²) in [6, 6.07) is 12.3. The third-order valence-corrected chi connectivity index (χ3v) is 8.38. The number of hydrogen-bond donors (Lipinski definition) is 2. The highest BCUT2D eigenvalue weighted by molar-refractivity contribution is 7.89. The molecule has 0 aliphatic carbocycles. The Kier molecular flexibility index (Phi) is 6.63. The van der Waals surface area contributed by atoms with E-state index in [1.165, 1.54) is 9.18 Å². The van der Waals surface area contributed by atoms with Gasteiger partial charge >= 0.3 is 0 Å². The summed E-state index contributed by atoms with van der Waals surface area (Å²) in [5.74, 6) is 0.715. The molecule has 1 fully saturated rings. The van der Waals surface area contributed by atoms with Crippen molar-refractivity contribution < 1.29 is 17.9 Å². The highest BCUT2D eigenvalue weighted by Crippen LogP contribution is 2.29. The van der Waals surface area contributed by atoms with Crippen molar-refractivity contribution in [2.75, 3.05) is 25.0 Å². The van der Waals surface area contributed by atoms with Gasteiger partial charge in [-0.15, -0.1) is 11.3 Å². The zero-order valence-electron chi connectivity index (χ0n) is 18.0. The second kappa shape index (κ2) is 9.43. The number of thiophene rings is 1. The number of anilines is 1. The molecule has 0 saturated carbocycles. The third kappa shape index (κ3) is 4.87. The Balaban J connectivity index is 1.34. The number of hydrogen-bond acceptors (Lipinski definition) is 6. The van der Waals surface area contributed by atoms with Crippen LogP contribution in [0.15, 0.2) is 47.4 Å². The highest BCUT2D eigenvalue weighted by Gasteiger charge is 2.32. The van der Waals surface area contributed by atoms with Crippen LogP contribution in [0.25, 0.3) is 10.6 Å². The molecule has 2 N–H and O–H groups in total. The number of benzene rings is 1. The van der Waals surface area contributed by atoms with Gasteiger partial charge in [-0.1, -0.05) is 0 Å². The molecule has 3 aromatic rings. The quantitative estimate of drug-likeness (QED) is 0.541. The Morgan fingerprint density at radius 2 is 1.94 bits per heavy atom. The van der Waals surface area contributed by atoms with Gasteiger partial charge in [-0.3, -0.25) is 9.89 Å². The summed E-state index contributed by atoms with van der Waals surface area (Å²) >= 11 is 1.65. The molecule has 0 unspecified atom stereocenters. The molecule has 0 bridgehead atoms. The maximum Gasteiger partial charge on any atom is 0.243 e. The Bertz CT molecular complexity index is 1180. The van der Waals surface area contributed by atoms with E-state index in [2.05, 4.69) is 15.5 Å². The van der Waals surface area contributed by atoms with Crippen LogP contribution in [-0.2, 0) is 14.8 Å². The number of aromatic amines is 1. The number of nitrogens with zero attached hydrogens (tertiary/aromatic N) is 2. The first-order valence-corrected chi connectivity index (χ1v) is 12.8. The van der Waals surface area contributed by atoms with Gasteiger partial charge in [0.25, 0.3) is 0 Å². The standard InChI is InChI=1S/C22H26N4O4S2/c1-3-30-17-5-7-18(8-6-17)32(28,29)26-12-10-16(11-13-26)22(27)23-21-14-19(24-25-21)20-9-4-15(2)31-20/h4-9,14,16H,3,10-13H2,1-2H3,(H2,23,24,25,27). The van der Waals surface area contributed by atoms with Gasteiger partial charge in [0.1, 0.15) is 5.75 Å². The summed E-state index contributed by atoms with van der Waals surface area (Å²) in [6.07, 6.45) is 0.924. The van der Waals surface area contributed by atoms with E-state index in [9.17, 15) is 13.2 Å². The molecular weight excluding hydrogens is 448 g/mol. The van der Waals surface area contributed by atoms with Gasteiger partial charge < -0.3 is 10.1 Å². The minimum atomic E-state index is -3.60. The second-order valence-electron chi connectivity index (χ2n) is 7.65. The number of amides is 1. The maximum absolute atomic E-state index is 12.9. The number of ether oxygens (including phenoxy) is 1. The number of piperidine rings is 1. The van der Waals surface area contributed by atoms with Crippen molar-refractivity contribution in [2.24, 2.45) is 5.92 Å². The van der Waals surface area contributed by atoms with Crippen LogP contribution in [0.2, 0.25) is 0 Å². The lowest BCUT2D eigenvalue weighted by Crippen LogP contribution is -2.41. The molecule has 170 valence electrons. The fourth-order valence-corrected chi connectivity index (χ4v) is 6.00. The number of rotatable bonds is 7. The first-order chi connectivity index (χ1) is 15.4. The molecule has 0 radical (unpaired) electrons. The lowest BCUT2D eigenvalue weighted by molar-refractivity contribution is -0.120. The smallest absolute Gasteiger partial charge is 0.243 e. The Morgan fingerprint density at radius 1 is 1.22 bits per heavy atom. The fourth-order valence-electron chi connectivity index (χ4n) is 3.70. The van der Waals surface area contributed by atoms with E-state index in [4.69, 9.17) is 4.74 Å². The lowest BCUT2D eigenvalue weighted by Gasteiger charge is -2.30. The summed E-state index contributed by atoms with van der Waals surface area (Å²) < 4.78 is 32.7. The summed E-state index contributed by atoms with van der Waals surface area (Å²) in [7, 11) is -3.60. The molecule has 1 saturated heterocycles. The Hall–Kier alpha value is -2.69. The van der Waals surface area contributed by atoms with Gasteiger partial charge in [0.2, 0.25) is 15.9 Å². The number of aryl methyl sites for hydroxylation is 1. The molecule has 1 amide bonds. The predicted octanol–water partition coefficient (Wildman–Crippen LogP) is 3.88. The minimum Gasteiger partial charge on any atom is -0.494 e. The van der Waals surface area contributed by atoms with E-state index in [1.54, 1.807) is 35.6 Å². The van der Waals surface area contributed by atoms with Crippen molar-refractivity contribution in [3.63, 3.8) is 0 Å². The van der Waals surface area contributed by atoms with Crippen molar-refractivity contribution >= 4 is 33.1 Å². The summed E-state index contributed by atoms with van der Waals surface area (Å²) in [5.41, 5.74) is 0.856. The molecule has 1 aliphatic heterocycles. The van der Waals surface area contributed by atoms with Crippen LogP contribution in [0.4, 0.5) is 5.82 Å². The summed E-state index contributed by atoms with van der Waals surface area (Å²) in [5, 5.41) is 9.99. The molecule has 4 rings (SSSR count). The van der Waals surface area contributed by atoms with E-state index in [0.717, 1.165) is 10.6 Å². The van der Waals surface area contributed by atoms with Crippen molar-refractivity contribution in [2.45, 2.75) is 31.6 Å². The number of carbonyl (C=O) groups excluding carboxylic acids is 1. The molecule has 32 heavy (non-hydrogen) atoms. The van der Waals surface area contributed by atoms with E-state index in [-0.39, 0.29) is 16.7 Å². The summed E-state index contributed by atoms with van der Waals surface area (Å²) in [6.45, 7) is 5.03. The zero-order valence-corrected chi connectivity index (χ0v) is 19.6. The molecule has 0 spiro atoms. The molecule has 1 aliphatic rings. The number of sulfonamides is 1. The van der Waals surface area contributed by atoms with Gasteiger partial charge in [-0.25, -0.2) is 8.42 Å². The first kappa shape index (κ1) is 22.5. The third-order valence-electron chi connectivity index (χ3n) is 5.43. The average molecular weight is 475 g/mol. The lowest BCUT2D eigenvalue weighted by atomic mass is 9.97. The minimum absolute atomic E-state index is 0.136. The van der Waals surface area contributed by atoms with Gasteiger partial charge in [0.05, 0.1) is 22.1 Å². The molecule has 10 heteroatoms. The second-order valence-corrected chi connectivity index (χ2v) is 10.9. The van der Waals surface area contributed by atoms with Gasteiger partial charge in [0, 0.05) is 30.0 Å². The molecule has 2 aromatic heterocycles. The van der Waals surface area contributed by atoms with Crippen LogP contribution in [0, 0.1) is 12.8 Å². The van der Waals surface area contributed by atoms with Gasteiger partial charge in [0.15, 0.2) is 5.82 Å². The van der Waals surface area contributed by atoms with Gasteiger partial charge in [-0.2, -0.15) is 9.40 Å². The first-order valence-electron chi connectivity index (χ1n) is 10.5. The van der Waals surface area contributed by atoms with Crippen molar-refractivity contribution in [1.29, 1.82) is 0 Å². The summed E-state index contributed by atoms with van der Waals surface area (Å²) in [4.78, 5) is 15.2. The molecule has 3 heterocycles. The van der Waals surface area contributed by atoms with Crippen molar-refractivity contribution in [1.82, 2.24) is 14.5 Å². The Morgan fingerprint density at radius 3 is 2.56 bits per heavy atom. The molecule has 0 atom stereocenters. The van der Waals surface area contributed by atoms with Crippen LogP contribution in [-0.4, -0.2) is 48.5 Å². The molecular formula is C22H26N4O4S2. The SMILES string of the molecule is CCOc1ccc(S(=O)(=O)N2CCC(C(=O)Nc3cc(-c4ccc(C)s4)[nH]n3)CC2)cc1. The average Bonchev–Trinajstić information content (AvgIpc) is 3.43. The maximum atomic E-state index is 12.9. The van der Waals surface area contributed by atoms with E-state index >= 15 is 0 Å². The molecule has 1 aromatic carbocycles. The van der Waals surface area contributed by atoms with Gasteiger partial charge in [-0.05, 0) is 63.1 Å². The topological polar surface area (TPSA) is 104 Å². The van der Waals surface area contributed by atoms with E-state index < -0.39 is 10.0 Å². The number of nitrogens with one attached hydrogen (secondary N) is 2. The van der Waals surface area contributed by atoms with Crippen LogP contribution < -0.4 is 10.1 Å². The number of H-pyrrole nitrogens is 1. The van der Waals surface area contributed by atoms with Crippen LogP contribution in [0.3, 0.4) is 0 Å². The van der Waals surface area contributed by atoms with Crippen LogP contribution in [0.5, 0.6) is 5.75 Å². The molecule has 8 nitrogen and oxygen atoms in total. The highest BCUT2D eigenvalue weighted by atomic mass is 32.2. The normalized spacial score (nSPS) is 15.6. The Labute approximate surface area is 191 Å². The van der Waals surface area contributed by atoms with Crippen molar-refractivity contribution in [3.05, 3.63) is 47.3 Å². The zero-order chi connectivity index (χ0) is 22.7.